The third-order valence-corrected chi connectivity index (χ3v) is 14.0. The molecule has 2 atom stereocenters. The molecule has 79 heavy (non-hydrogen) atoms. The third kappa shape index (κ3) is 17.8. The summed E-state index contributed by atoms with van der Waals surface area (Å²) >= 11 is -2.31. The van der Waals surface area contributed by atoms with E-state index in [0.717, 1.165) is 39.3 Å². The van der Waals surface area contributed by atoms with Crippen LogP contribution in [-0.4, -0.2) is 186 Å². The number of azo groups is 1. The molecule has 2 aliphatic rings. The van der Waals surface area contributed by atoms with E-state index in [1.54, 1.807) is 18.2 Å². The molecule has 0 aliphatic carbocycles. The summed E-state index contributed by atoms with van der Waals surface area (Å²) in [6, 6.07) is 15.9. The van der Waals surface area contributed by atoms with E-state index in [2.05, 4.69) is 26.2 Å². The number of rotatable bonds is 26. The number of anilines is 2. The average molecular weight is 1110 g/mol. The fraction of sp³-hybridized carbons (Fsp3) is 0.396. The van der Waals surface area contributed by atoms with Crippen molar-refractivity contribution in [3.63, 3.8) is 0 Å². The van der Waals surface area contributed by atoms with Crippen molar-refractivity contribution in [1.82, 2.24) is 35.1 Å². The number of ether oxygens (including phenoxy) is 3. The zero-order valence-electron chi connectivity index (χ0n) is 43.9. The number of nitrogens with one attached hydrogen (secondary N) is 3. The lowest BCUT2D eigenvalue weighted by Crippen LogP contribution is -2.51. The van der Waals surface area contributed by atoms with Gasteiger partial charge in [-0.3, -0.25) is 62.9 Å². The van der Waals surface area contributed by atoms with Crippen molar-refractivity contribution in [2.75, 3.05) is 103 Å². The first-order valence-corrected chi connectivity index (χ1v) is 26.4. The Morgan fingerprint density at radius 1 is 0.722 bits per heavy atom. The molecule has 0 aromatic heterocycles. The zero-order valence-corrected chi connectivity index (χ0v) is 44.7. The summed E-state index contributed by atoms with van der Waals surface area (Å²) in [5.74, 6) is -2.55. The molecule has 2 heterocycles. The minimum Gasteiger partial charge on any atom is -0.505 e. The molecule has 0 saturated carbocycles. The molecule has 4 aromatic rings. The minimum absolute atomic E-state index is 0.0192. The van der Waals surface area contributed by atoms with E-state index in [-0.39, 0.29) is 86.0 Å². The molecule has 5 amide bonds. The van der Waals surface area contributed by atoms with E-state index in [1.165, 1.54) is 18.2 Å². The van der Waals surface area contributed by atoms with Crippen molar-refractivity contribution in [1.29, 1.82) is 0 Å². The van der Waals surface area contributed by atoms with Gasteiger partial charge in [0.2, 0.25) is 17.7 Å². The van der Waals surface area contributed by atoms with Gasteiger partial charge in [-0.1, -0.05) is 18.2 Å². The number of phenolic OH excluding ortho intramolecular Hbond substituents is 1. The Bertz CT molecular complexity index is 2900. The number of hydrogen-bond donors (Lipinski definition) is 6. The molecular weight excluding hydrogens is 1050 g/mol. The number of nitrogen functional groups attached to an aromatic ring is 1. The summed E-state index contributed by atoms with van der Waals surface area (Å²) in [4.78, 5) is 107. The first-order valence-electron chi connectivity index (χ1n) is 25.3. The lowest BCUT2D eigenvalue weighted by atomic mass is 10.00. The number of aryl methyl sites for hydroxylation is 2. The number of hydrogen-bond acceptors (Lipinski definition) is 20. The van der Waals surface area contributed by atoms with Crippen molar-refractivity contribution >= 4 is 93.6 Å². The van der Waals surface area contributed by atoms with Crippen molar-refractivity contribution < 1.29 is 66.4 Å². The number of carbonyl (C=O) groups is 8. The highest BCUT2D eigenvalue weighted by atomic mass is 32.2. The summed E-state index contributed by atoms with van der Waals surface area (Å²) in [5.41, 5.74) is 10.6. The maximum atomic E-state index is 14.2. The monoisotopic (exact) mass is 1110 g/mol. The summed E-state index contributed by atoms with van der Waals surface area (Å²) in [7, 11) is 0. The molecule has 2 unspecified atom stereocenters. The second-order valence-corrected chi connectivity index (χ2v) is 19.6. The summed E-state index contributed by atoms with van der Waals surface area (Å²) < 4.78 is 36.8. The lowest BCUT2D eigenvalue weighted by molar-refractivity contribution is -0.138. The lowest BCUT2D eigenvalue weighted by Gasteiger charge is -2.33. The predicted octanol–water partition coefficient (Wildman–Crippen LogP) is 3.05. The number of phenols is 1. The van der Waals surface area contributed by atoms with Crippen LogP contribution in [0, 0.1) is 13.8 Å². The van der Waals surface area contributed by atoms with Crippen LogP contribution in [0.25, 0.3) is 21.9 Å². The van der Waals surface area contributed by atoms with Gasteiger partial charge in [-0.25, -0.2) is 4.21 Å². The first-order chi connectivity index (χ1) is 38.1. The number of nitrogens with zero attached hydrogens (tertiary/aromatic N) is 7. The van der Waals surface area contributed by atoms with Crippen molar-refractivity contribution in [2.45, 2.75) is 50.5 Å². The third-order valence-electron chi connectivity index (χ3n) is 13.2. The van der Waals surface area contributed by atoms with Gasteiger partial charge >= 0.3 is 0 Å². The zero-order chi connectivity index (χ0) is 56.8. The van der Waals surface area contributed by atoms with Gasteiger partial charge in [-0.2, -0.15) is 5.11 Å². The number of nitrogens with two attached hydrogens (primary N) is 1. The van der Waals surface area contributed by atoms with Crippen LogP contribution in [-0.2, 0) is 63.6 Å². The van der Waals surface area contributed by atoms with Crippen LogP contribution in [0.3, 0.4) is 0 Å². The molecule has 4 aromatic carbocycles. The topological polar surface area (TPSA) is 325 Å². The Hall–Kier alpha value is -8.01. The van der Waals surface area contributed by atoms with Crippen LogP contribution in [0.15, 0.2) is 87.9 Å². The van der Waals surface area contributed by atoms with E-state index in [0.29, 0.717) is 101 Å². The number of amides is 5. The fourth-order valence-corrected chi connectivity index (χ4v) is 9.35. The Kier molecular flexibility index (Phi) is 23.0. The van der Waals surface area contributed by atoms with Gasteiger partial charge < -0.3 is 45.6 Å². The van der Waals surface area contributed by atoms with E-state index in [9.17, 15) is 52.2 Å². The van der Waals surface area contributed by atoms with Crippen LogP contribution >= 0.6 is 0 Å². The van der Waals surface area contributed by atoms with Crippen molar-refractivity contribution in [3.8, 4) is 16.9 Å². The standard InChI is InChI=1S/C53H65N11O14S/c1-36-27-38(39-7-11-43(37(2)28-39)58-59-44-12-8-40-46(79(74)75)13-9-41(54)51(40)52(44)72)6-10-42(36)57-53(73)45(5-3-4-17-55-47(68)16-18-64-49(70)14-15-50(64)71)56-48(69)29-60-19-21-61(30-76-33-65)23-25-63(32-78-35-67)26-24-62(22-20-60)31-77-34-66/h6-15,27-28,33-35,45,72H,3-5,16-26,29-32,54H2,1-2H3,(H,55,68)(H,56,69)(H,57,73)(H,74,75). The largest absolute Gasteiger partial charge is 0.505 e. The van der Waals surface area contributed by atoms with Crippen LogP contribution < -0.4 is 21.7 Å². The van der Waals surface area contributed by atoms with Gasteiger partial charge in [0.05, 0.1) is 22.5 Å². The average Bonchev–Trinajstić information content (AvgIpc) is 3.79. The molecule has 0 radical (unpaired) electrons. The van der Waals surface area contributed by atoms with E-state index in [4.69, 9.17) is 19.9 Å². The number of unbranched alkanes of at least 4 members (excludes halogenated alkanes) is 1. The van der Waals surface area contributed by atoms with Gasteiger partial charge in [-0.15, -0.1) is 5.11 Å². The molecule has 25 nitrogen and oxygen atoms in total. The quantitative estimate of drug-likeness (QED) is 0.0100. The SMILES string of the molecule is Cc1cc(-c2ccc(NC(=O)C(CCCCNC(=O)CCN3C(=O)C=CC3=O)NC(=O)CN3CCN(COC=O)CCN(COC=O)CCN(COC=O)CC3)c(C)c2)ccc1N=Nc1ccc2c(S(=O)O)ccc(N)c2c1O. The number of carbonyl (C=O) groups excluding carboxylic acids is 8. The van der Waals surface area contributed by atoms with E-state index < -0.39 is 40.8 Å². The Balaban J connectivity index is 1.14. The molecule has 0 spiro atoms. The number of benzene rings is 4. The van der Waals surface area contributed by atoms with E-state index in [1.807, 2.05) is 57.7 Å². The molecule has 26 heteroatoms. The summed E-state index contributed by atoms with van der Waals surface area (Å²) in [5, 5.41) is 28.8. The highest BCUT2D eigenvalue weighted by Gasteiger charge is 2.26. The van der Waals surface area contributed by atoms with Crippen molar-refractivity contribution in [2.24, 2.45) is 10.2 Å². The van der Waals surface area contributed by atoms with Crippen LogP contribution in [0.1, 0.15) is 36.8 Å². The number of fused-ring (bicyclic) bond motifs is 1. The highest BCUT2D eigenvalue weighted by Crippen LogP contribution is 2.41. The van der Waals surface area contributed by atoms with Gasteiger partial charge in [-0.05, 0) is 97.8 Å². The molecular formula is C53H65N11O14S. The van der Waals surface area contributed by atoms with Crippen molar-refractivity contribution in [3.05, 3.63) is 83.9 Å². The smallest absolute Gasteiger partial charge is 0.294 e. The first kappa shape index (κ1) is 60.2. The van der Waals surface area contributed by atoms with E-state index >= 15 is 0 Å². The predicted molar refractivity (Wildman–Crippen MR) is 290 cm³/mol. The highest BCUT2D eigenvalue weighted by molar-refractivity contribution is 7.79. The molecule has 0 bridgehead atoms. The fourth-order valence-electron chi connectivity index (χ4n) is 8.81. The van der Waals surface area contributed by atoms with Crippen LogP contribution in [0.4, 0.5) is 22.7 Å². The van der Waals surface area contributed by atoms with Gasteiger partial charge in [0, 0.05) is 101 Å². The second kappa shape index (κ2) is 30.2. The van der Waals surface area contributed by atoms with Gasteiger partial charge in [0.1, 0.15) is 31.9 Å². The molecule has 2 aliphatic heterocycles. The summed E-state index contributed by atoms with van der Waals surface area (Å²) in [6.07, 6.45) is 3.24. The molecule has 1 saturated heterocycles. The van der Waals surface area contributed by atoms with Crippen LogP contribution in [0.2, 0.25) is 0 Å². The minimum atomic E-state index is -2.31. The summed E-state index contributed by atoms with van der Waals surface area (Å²) in [6.45, 7) is 7.81. The maximum absolute atomic E-state index is 14.2. The Morgan fingerprint density at radius 3 is 1.82 bits per heavy atom. The normalized spacial score (nSPS) is 16.0. The number of aromatic hydroxyl groups is 1. The molecule has 6 rings (SSSR count). The number of imide groups is 1. The Morgan fingerprint density at radius 2 is 1.27 bits per heavy atom. The molecule has 7 N–H and O–H groups in total. The van der Waals surface area contributed by atoms with Crippen LogP contribution in [0.5, 0.6) is 5.75 Å². The second-order valence-electron chi connectivity index (χ2n) is 18.7. The molecule has 1 fully saturated rings. The maximum Gasteiger partial charge on any atom is 0.294 e. The molecule has 422 valence electrons. The Labute approximate surface area is 458 Å². The van der Waals surface area contributed by atoms with Gasteiger partial charge in [0.15, 0.2) is 16.8 Å². The van der Waals surface area contributed by atoms with Gasteiger partial charge in [0.25, 0.3) is 31.2 Å².